The summed E-state index contributed by atoms with van der Waals surface area (Å²) >= 11 is 0. The van der Waals surface area contributed by atoms with Gasteiger partial charge in [0.05, 0.1) is 26.2 Å². The molecule has 148 valence electrons. The molecule has 28 heavy (non-hydrogen) atoms. The summed E-state index contributed by atoms with van der Waals surface area (Å²) in [4.78, 5) is 23.4. The lowest BCUT2D eigenvalue weighted by Crippen LogP contribution is -2.26. The minimum absolute atomic E-state index is 0.0642. The third-order valence-corrected chi connectivity index (χ3v) is 4.54. The molecule has 1 aliphatic rings. The molecule has 3 rings (SSSR count). The Hall–Kier alpha value is -3.29. The van der Waals surface area contributed by atoms with Gasteiger partial charge in [-0.1, -0.05) is 0 Å². The molecule has 2 aromatic rings. The van der Waals surface area contributed by atoms with Gasteiger partial charge in [-0.15, -0.1) is 0 Å². The van der Waals surface area contributed by atoms with Crippen LogP contribution in [0.1, 0.15) is 43.0 Å². The van der Waals surface area contributed by atoms with Gasteiger partial charge in [0.25, 0.3) is 0 Å². The van der Waals surface area contributed by atoms with Crippen molar-refractivity contribution in [3.63, 3.8) is 0 Å². The van der Waals surface area contributed by atoms with Crippen LogP contribution in [0.4, 0.5) is 0 Å². The fraction of sp³-hybridized carbons (Fsp3) is 0.350. The summed E-state index contributed by atoms with van der Waals surface area (Å²) < 4.78 is 16.2. The number of nitrogens with zero attached hydrogens (tertiary/aromatic N) is 2. The molecule has 2 heterocycles. The molecule has 1 aromatic heterocycles. The van der Waals surface area contributed by atoms with Gasteiger partial charge in [0.15, 0.2) is 0 Å². The number of hydrogen-bond acceptors (Lipinski definition) is 6. The zero-order valence-electron chi connectivity index (χ0n) is 15.8. The normalized spacial score (nSPS) is 16.0. The molecule has 0 unspecified atom stereocenters. The number of benzene rings is 1. The largest absolute Gasteiger partial charge is 0.497 e. The van der Waals surface area contributed by atoms with Crippen LogP contribution in [0.25, 0.3) is 0 Å². The standard InChI is InChI=1S/C20H22N2O6/c1-26-13-8-9-17(27-2)14(11-13)15-12-16(18-5-4-10-28-18)22(21-15)19(23)6-3-7-20(24)25/h4-5,8-11,16H,3,6-7,12H2,1-2H3,(H,24,25)/t16-/m0/s1. The van der Waals surface area contributed by atoms with Crippen LogP contribution in [0.2, 0.25) is 0 Å². The highest BCUT2D eigenvalue weighted by Gasteiger charge is 2.35. The van der Waals surface area contributed by atoms with Crippen LogP contribution >= 0.6 is 0 Å². The average molecular weight is 386 g/mol. The molecular formula is C20H22N2O6. The van der Waals surface area contributed by atoms with Crippen molar-refractivity contribution in [2.45, 2.75) is 31.7 Å². The van der Waals surface area contributed by atoms with Crippen LogP contribution in [0.5, 0.6) is 11.5 Å². The second-order valence-electron chi connectivity index (χ2n) is 6.33. The van der Waals surface area contributed by atoms with Gasteiger partial charge in [0, 0.05) is 24.8 Å². The van der Waals surface area contributed by atoms with Crippen molar-refractivity contribution in [2.24, 2.45) is 5.10 Å². The van der Waals surface area contributed by atoms with Gasteiger partial charge in [0.2, 0.25) is 5.91 Å². The van der Waals surface area contributed by atoms with Gasteiger partial charge in [0.1, 0.15) is 23.3 Å². The summed E-state index contributed by atoms with van der Waals surface area (Å²) in [5.74, 6) is 0.714. The smallest absolute Gasteiger partial charge is 0.303 e. The monoisotopic (exact) mass is 386 g/mol. The number of rotatable bonds is 8. The van der Waals surface area contributed by atoms with Crippen molar-refractivity contribution < 1.29 is 28.6 Å². The van der Waals surface area contributed by atoms with Crippen LogP contribution < -0.4 is 9.47 Å². The van der Waals surface area contributed by atoms with E-state index in [1.807, 2.05) is 6.07 Å². The first-order chi connectivity index (χ1) is 13.5. The van der Waals surface area contributed by atoms with E-state index in [1.54, 1.807) is 44.7 Å². The Labute approximate surface area is 162 Å². The highest BCUT2D eigenvalue weighted by Crippen LogP contribution is 2.36. The summed E-state index contributed by atoms with van der Waals surface area (Å²) in [6, 6.07) is 8.55. The Balaban J connectivity index is 1.90. The quantitative estimate of drug-likeness (QED) is 0.747. The van der Waals surface area contributed by atoms with Gasteiger partial charge in [-0.05, 0) is 36.8 Å². The van der Waals surface area contributed by atoms with Crippen molar-refractivity contribution in [3.8, 4) is 11.5 Å². The van der Waals surface area contributed by atoms with Crippen molar-refractivity contribution in [1.82, 2.24) is 5.01 Å². The molecule has 0 fully saturated rings. The lowest BCUT2D eigenvalue weighted by Gasteiger charge is -2.19. The number of ether oxygens (including phenoxy) is 2. The minimum atomic E-state index is -0.929. The Kier molecular flexibility index (Phi) is 5.98. The van der Waals surface area contributed by atoms with E-state index in [4.69, 9.17) is 19.0 Å². The summed E-state index contributed by atoms with van der Waals surface area (Å²) in [7, 11) is 3.14. The molecule has 1 amide bonds. The van der Waals surface area contributed by atoms with Crippen molar-refractivity contribution in [3.05, 3.63) is 47.9 Å². The van der Waals surface area contributed by atoms with Gasteiger partial charge >= 0.3 is 5.97 Å². The molecule has 1 N–H and O–H groups in total. The first-order valence-corrected chi connectivity index (χ1v) is 8.90. The second-order valence-corrected chi connectivity index (χ2v) is 6.33. The molecule has 8 nitrogen and oxygen atoms in total. The summed E-state index contributed by atoms with van der Waals surface area (Å²) in [5.41, 5.74) is 1.41. The molecule has 0 saturated carbocycles. The van der Waals surface area contributed by atoms with E-state index in [-0.39, 0.29) is 25.2 Å². The van der Waals surface area contributed by atoms with E-state index in [9.17, 15) is 9.59 Å². The Morgan fingerprint density at radius 1 is 1.25 bits per heavy atom. The number of methoxy groups -OCH3 is 2. The first-order valence-electron chi connectivity index (χ1n) is 8.90. The first kappa shape index (κ1) is 19.5. The van der Waals surface area contributed by atoms with Crippen LogP contribution in [-0.4, -0.2) is 41.9 Å². The Morgan fingerprint density at radius 2 is 2.07 bits per heavy atom. The molecule has 0 spiro atoms. The molecule has 0 aliphatic carbocycles. The molecule has 1 atom stereocenters. The highest BCUT2D eigenvalue weighted by molar-refractivity contribution is 6.05. The number of carboxylic acids is 1. The third kappa shape index (κ3) is 4.16. The zero-order chi connectivity index (χ0) is 20.1. The van der Waals surface area contributed by atoms with E-state index in [1.165, 1.54) is 5.01 Å². The van der Waals surface area contributed by atoms with Crippen molar-refractivity contribution in [1.29, 1.82) is 0 Å². The maximum atomic E-state index is 12.7. The number of carbonyl (C=O) groups is 2. The number of hydrogen-bond donors (Lipinski definition) is 1. The predicted octanol–water partition coefficient (Wildman–Crippen LogP) is 3.23. The van der Waals surface area contributed by atoms with Gasteiger partial charge in [-0.3, -0.25) is 9.59 Å². The van der Waals surface area contributed by atoms with Crippen molar-refractivity contribution in [2.75, 3.05) is 14.2 Å². The number of aliphatic carboxylic acids is 1. The van der Waals surface area contributed by atoms with E-state index < -0.39 is 12.0 Å². The van der Waals surface area contributed by atoms with Gasteiger partial charge < -0.3 is 19.0 Å². The average Bonchev–Trinajstić information content (AvgIpc) is 3.36. The van der Waals surface area contributed by atoms with Gasteiger partial charge in [-0.25, -0.2) is 5.01 Å². The number of carboxylic acid groups (broad SMARTS) is 1. The molecule has 0 radical (unpaired) electrons. The number of carbonyl (C=O) groups excluding carboxylic acids is 1. The molecule has 1 aromatic carbocycles. The lowest BCUT2D eigenvalue weighted by atomic mass is 10.0. The van der Waals surface area contributed by atoms with Crippen LogP contribution in [0.3, 0.4) is 0 Å². The summed E-state index contributed by atoms with van der Waals surface area (Å²) in [5, 5.41) is 14.7. The fourth-order valence-corrected chi connectivity index (χ4v) is 3.15. The number of hydrazone groups is 1. The molecular weight excluding hydrogens is 364 g/mol. The number of amides is 1. The fourth-order valence-electron chi connectivity index (χ4n) is 3.15. The molecule has 0 saturated heterocycles. The molecule has 0 bridgehead atoms. The highest BCUT2D eigenvalue weighted by atomic mass is 16.5. The van der Waals surface area contributed by atoms with Gasteiger partial charge in [-0.2, -0.15) is 5.10 Å². The Bertz CT molecular complexity index is 875. The number of furan rings is 1. The summed E-state index contributed by atoms with van der Waals surface area (Å²) in [6.45, 7) is 0. The second kappa shape index (κ2) is 8.60. The minimum Gasteiger partial charge on any atom is -0.497 e. The topological polar surface area (TPSA) is 102 Å². The van der Waals surface area contributed by atoms with Crippen LogP contribution in [0, 0.1) is 0 Å². The maximum absolute atomic E-state index is 12.7. The maximum Gasteiger partial charge on any atom is 0.303 e. The lowest BCUT2D eigenvalue weighted by molar-refractivity contribution is -0.137. The van der Waals surface area contributed by atoms with Crippen LogP contribution in [-0.2, 0) is 9.59 Å². The Morgan fingerprint density at radius 3 is 2.71 bits per heavy atom. The summed E-state index contributed by atoms with van der Waals surface area (Å²) in [6.07, 6.45) is 2.28. The zero-order valence-corrected chi connectivity index (χ0v) is 15.8. The molecule has 8 heteroatoms. The predicted molar refractivity (Wildman–Crippen MR) is 100 cm³/mol. The van der Waals surface area contributed by atoms with Crippen molar-refractivity contribution >= 4 is 17.6 Å². The van der Waals surface area contributed by atoms with E-state index in [0.29, 0.717) is 29.4 Å². The van der Waals surface area contributed by atoms with Crippen LogP contribution in [0.15, 0.2) is 46.1 Å². The third-order valence-electron chi connectivity index (χ3n) is 4.54. The van der Waals surface area contributed by atoms with E-state index in [0.717, 1.165) is 5.56 Å². The van der Waals surface area contributed by atoms with E-state index >= 15 is 0 Å². The molecule has 1 aliphatic heterocycles. The van der Waals surface area contributed by atoms with E-state index in [2.05, 4.69) is 5.10 Å². The SMILES string of the molecule is COc1ccc(OC)c(C2=NN(C(=O)CCCC(=O)O)[C@H](c3ccco3)C2)c1.